The molecule has 0 unspecified atom stereocenters. The molecule has 0 aromatic heterocycles. The van der Waals surface area contributed by atoms with E-state index in [0.717, 1.165) is 29.5 Å². The Bertz CT molecular complexity index is 535. The highest BCUT2D eigenvalue weighted by molar-refractivity contribution is 5.65. The molecule has 2 rings (SSSR count). The van der Waals surface area contributed by atoms with Crippen LogP contribution in [0.5, 0.6) is 0 Å². The van der Waals surface area contributed by atoms with Crippen molar-refractivity contribution in [2.24, 2.45) is 0 Å². The lowest BCUT2D eigenvalue weighted by molar-refractivity contribution is 0.608. The number of hydrogen-bond acceptors (Lipinski definition) is 0. The van der Waals surface area contributed by atoms with Crippen molar-refractivity contribution in [3.8, 4) is 11.1 Å². The highest BCUT2D eigenvalue weighted by atomic mass is 19.1. The second kappa shape index (κ2) is 5.34. The van der Waals surface area contributed by atoms with Crippen LogP contribution >= 0.6 is 0 Å². The van der Waals surface area contributed by atoms with E-state index in [4.69, 9.17) is 0 Å². The Hall–Kier alpha value is -1.63. The Morgan fingerprint density at radius 1 is 0.889 bits per heavy atom. The van der Waals surface area contributed by atoms with Crippen molar-refractivity contribution in [2.75, 3.05) is 0 Å². The van der Waals surface area contributed by atoms with Crippen LogP contribution in [0.3, 0.4) is 0 Å². The first kappa shape index (κ1) is 12.8. The molecule has 0 N–H and O–H groups in total. The smallest absolute Gasteiger partial charge is 0.127 e. The maximum Gasteiger partial charge on any atom is 0.127 e. The van der Waals surface area contributed by atoms with Gasteiger partial charge in [0, 0.05) is 0 Å². The van der Waals surface area contributed by atoms with Gasteiger partial charge in [0.2, 0.25) is 0 Å². The summed E-state index contributed by atoms with van der Waals surface area (Å²) in [6.45, 7) is 6.20. The molecule has 0 radical (unpaired) electrons. The molecule has 2 aromatic rings. The molecule has 2 aromatic carbocycles. The summed E-state index contributed by atoms with van der Waals surface area (Å²) in [6.07, 6.45) is 1.78. The second-order valence-electron chi connectivity index (χ2n) is 4.93. The minimum absolute atomic E-state index is 0.0893. The zero-order chi connectivity index (χ0) is 13.1. The van der Waals surface area contributed by atoms with Crippen molar-refractivity contribution < 1.29 is 4.39 Å². The van der Waals surface area contributed by atoms with Gasteiger partial charge in [-0.25, -0.2) is 4.39 Å². The average molecular weight is 242 g/mol. The zero-order valence-electron chi connectivity index (χ0n) is 11.3. The van der Waals surface area contributed by atoms with Gasteiger partial charge in [-0.1, -0.05) is 54.8 Å². The van der Waals surface area contributed by atoms with Crippen molar-refractivity contribution in [3.63, 3.8) is 0 Å². The fraction of sp³-hybridized carbons (Fsp3) is 0.294. The van der Waals surface area contributed by atoms with Crippen molar-refractivity contribution in [1.82, 2.24) is 0 Å². The van der Waals surface area contributed by atoms with Gasteiger partial charge in [-0.15, -0.1) is 0 Å². The highest BCUT2D eigenvalue weighted by Crippen LogP contribution is 2.24. The molecule has 0 aliphatic rings. The average Bonchev–Trinajstić information content (AvgIpc) is 2.30. The molecule has 0 atom stereocenters. The van der Waals surface area contributed by atoms with E-state index in [1.165, 1.54) is 11.1 Å². The zero-order valence-corrected chi connectivity index (χ0v) is 11.3. The van der Waals surface area contributed by atoms with Crippen molar-refractivity contribution in [1.29, 1.82) is 0 Å². The van der Waals surface area contributed by atoms with Crippen LogP contribution in [0.1, 0.15) is 30.0 Å². The summed E-state index contributed by atoms with van der Waals surface area (Å²) in [5.74, 6) is -0.0893. The molecule has 0 aliphatic carbocycles. The molecule has 0 heterocycles. The van der Waals surface area contributed by atoms with Gasteiger partial charge in [0.15, 0.2) is 0 Å². The fourth-order valence-electron chi connectivity index (χ4n) is 2.34. The quantitative estimate of drug-likeness (QED) is 0.705. The van der Waals surface area contributed by atoms with Crippen LogP contribution in [0.2, 0.25) is 0 Å². The standard InChI is InChI=1S/C17H19F/c1-4-5-14-6-7-15(11-17(14)18)16-9-12(2)8-13(3)10-16/h6-11H,4-5H2,1-3H3. The first-order valence-electron chi connectivity index (χ1n) is 6.47. The molecular weight excluding hydrogens is 223 g/mol. The molecule has 0 bridgehead atoms. The van der Waals surface area contributed by atoms with E-state index in [2.05, 4.69) is 39.0 Å². The second-order valence-corrected chi connectivity index (χ2v) is 4.93. The molecule has 0 saturated carbocycles. The van der Waals surface area contributed by atoms with Crippen LogP contribution < -0.4 is 0 Å². The Labute approximate surface area is 108 Å². The van der Waals surface area contributed by atoms with Gasteiger partial charge in [0.1, 0.15) is 5.82 Å². The summed E-state index contributed by atoms with van der Waals surface area (Å²) in [5.41, 5.74) is 5.28. The molecule has 0 fully saturated rings. The van der Waals surface area contributed by atoms with Gasteiger partial charge in [-0.05, 0) is 43.0 Å². The van der Waals surface area contributed by atoms with E-state index >= 15 is 0 Å². The third-order valence-corrected chi connectivity index (χ3v) is 3.13. The molecular formula is C17H19F. The molecule has 0 saturated heterocycles. The molecule has 0 spiro atoms. The maximum absolute atomic E-state index is 13.9. The summed E-state index contributed by atoms with van der Waals surface area (Å²) < 4.78 is 13.9. The molecule has 0 amide bonds. The lowest BCUT2D eigenvalue weighted by atomic mass is 9.98. The number of benzene rings is 2. The van der Waals surface area contributed by atoms with Crippen LogP contribution in [0.4, 0.5) is 4.39 Å². The van der Waals surface area contributed by atoms with Crippen molar-refractivity contribution in [3.05, 3.63) is 58.9 Å². The van der Waals surface area contributed by atoms with E-state index in [1.807, 2.05) is 12.1 Å². The summed E-state index contributed by atoms with van der Waals surface area (Å²) in [6, 6.07) is 11.9. The van der Waals surface area contributed by atoms with Gasteiger partial charge >= 0.3 is 0 Å². The molecule has 0 nitrogen and oxygen atoms in total. The number of hydrogen-bond donors (Lipinski definition) is 0. The number of halogens is 1. The number of aryl methyl sites for hydroxylation is 3. The summed E-state index contributed by atoms with van der Waals surface area (Å²) in [4.78, 5) is 0. The molecule has 0 aliphatic heterocycles. The van der Waals surface area contributed by atoms with Crippen LogP contribution in [-0.2, 0) is 6.42 Å². The van der Waals surface area contributed by atoms with Crippen LogP contribution in [0.25, 0.3) is 11.1 Å². The SMILES string of the molecule is CCCc1ccc(-c2cc(C)cc(C)c2)cc1F. The third kappa shape index (κ3) is 2.79. The minimum atomic E-state index is -0.0893. The van der Waals surface area contributed by atoms with Gasteiger partial charge in [-0.2, -0.15) is 0 Å². The molecule has 18 heavy (non-hydrogen) atoms. The van der Waals surface area contributed by atoms with Crippen LogP contribution in [-0.4, -0.2) is 0 Å². The van der Waals surface area contributed by atoms with Crippen LogP contribution in [0.15, 0.2) is 36.4 Å². The van der Waals surface area contributed by atoms with E-state index in [-0.39, 0.29) is 5.82 Å². The van der Waals surface area contributed by atoms with E-state index < -0.39 is 0 Å². The topological polar surface area (TPSA) is 0 Å². The van der Waals surface area contributed by atoms with Gasteiger partial charge in [0.05, 0.1) is 0 Å². The van der Waals surface area contributed by atoms with Crippen LogP contribution in [0, 0.1) is 19.7 Å². The molecule has 94 valence electrons. The third-order valence-electron chi connectivity index (χ3n) is 3.13. The Kier molecular flexibility index (Phi) is 3.81. The van der Waals surface area contributed by atoms with E-state index in [1.54, 1.807) is 6.07 Å². The van der Waals surface area contributed by atoms with Gasteiger partial charge < -0.3 is 0 Å². The minimum Gasteiger partial charge on any atom is -0.207 e. The maximum atomic E-state index is 13.9. The Morgan fingerprint density at radius 3 is 2.11 bits per heavy atom. The summed E-state index contributed by atoms with van der Waals surface area (Å²) in [5, 5.41) is 0. The van der Waals surface area contributed by atoms with E-state index in [9.17, 15) is 4.39 Å². The normalized spacial score (nSPS) is 10.7. The Morgan fingerprint density at radius 2 is 1.56 bits per heavy atom. The monoisotopic (exact) mass is 242 g/mol. The highest BCUT2D eigenvalue weighted by Gasteiger charge is 2.05. The number of rotatable bonds is 3. The molecule has 1 heteroatoms. The first-order valence-corrected chi connectivity index (χ1v) is 6.47. The first-order chi connectivity index (χ1) is 8.60. The fourth-order valence-corrected chi connectivity index (χ4v) is 2.34. The van der Waals surface area contributed by atoms with Crippen molar-refractivity contribution >= 4 is 0 Å². The predicted molar refractivity (Wildman–Crippen MR) is 75.3 cm³/mol. The summed E-state index contributed by atoms with van der Waals surface area (Å²) in [7, 11) is 0. The lowest BCUT2D eigenvalue weighted by Gasteiger charge is -2.08. The van der Waals surface area contributed by atoms with Crippen molar-refractivity contribution in [2.45, 2.75) is 33.6 Å². The van der Waals surface area contributed by atoms with E-state index in [0.29, 0.717) is 0 Å². The summed E-state index contributed by atoms with van der Waals surface area (Å²) >= 11 is 0. The lowest BCUT2D eigenvalue weighted by Crippen LogP contribution is -1.91. The van der Waals surface area contributed by atoms with Gasteiger partial charge in [0.25, 0.3) is 0 Å². The largest absolute Gasteiger partial charge is 0.207 e. The predicted octanol–water partition coefficient (Wildman–Crippen LogP) is 5.06. The Balaban J connectivity index is 2.42. The van der Waals surface area contributed by atoms with Gasteiger partial charge in [-0.3, -0.25) is 0 Å².